The molecule has 13 heavy (non-hydrogen) atoms. The summed E-state index contributed by atoms with van der Waals surface area (Å²) < 4.78 is 0. The van der Waals surface area contributed by atoms with Gasteiger partial charge in [-0.3, -0.25) is 0 Å². The summed E-state index contributed by atoms with van der Waals surface area (Å²) in [4.78, 5) is 0. The Morgan fingerprint density at radius 1 is 0.846 bits per heavy atom. The quantitative estimate of drug-likeness (QED) is 0.578. The van der Waals surface area contributed by atoms with Crippen LogP contribution in [0.1, 0.15) is 57.8 Å². The minimum absolute atomic E-state index is 1.08. The Bertz CT molecular complexity index is 102. The molecule has 0 aromatic rings. The van der Waals surface area contributed by atoms with E-state index in [-0.39, 0.29) is 0 Å². The third-order valence-electron chi connectivity index (χ3n) is 3.22. The molecule has 0 aromatic heterocycles. The molecule has 0 radical (unpaired) electrons. The predicted molar refractivity (Wildman–Crippen MR) is 64.1 cm³/mol. The van der Waals surface area contributed by atoms with Gasteiger partial charge in [-0.15, -0.1) is 8.58 Å². The molecule has 1 atom stereocenters. The highest BCUT2D eigenvalue weighted by atomic mass is 31.1. The highest BCUT2D eigenvalue weighted by molar-refractivity contribution is 7.36. The summed E-state index contributed by atoms with van der Waals surface area (Å²) >= 11 is 0. The first-order valence-electron chi connectivity index (χ1n) is 6.08. The van der Waals surface area contributed by atoms with Crippen LogP contribution >= 0.6 is 8.58 Å². The van der Waals surface area contributed by atoms with Crippen molar-refractivity contribution in [1.82, 2.24) is 0 Å². The smallest absolute Gasteiger partial charge is 0.0327 e. The summed E-state index contributed by atoms with van der Waals surface area (Å²) in [6, 6.07) is 0. The lowest BCUT2D eigenvalue weighted by molar-refractivity contribution is 0.418. The molecular weight excluding hydrogens is 175 g/mol. The fourth-order valence-electron chi connectivity index (χ4n) is 2.39. The Balaban J connectivity index is 2.18. The Labute approximate surface area is 85.7 Å². The van der Waals surface area contributed by atoms with Crippen molar-refractivity contribution in [2.45, 2.75) is 57.8 Å². The van der Waals surface area contributed by atoms with Crippen molar-refractivity contribution in [3.63, 3.8) is 0 Å². The van der Waals surface area contributed by atoms with E-state index in [2.05, 4.69) is 6.66 Å². The zero-order chi connectivity index (χ0) is 9.36. The average Bonchev–Trinajstić information content (AvgIpc) is 2.16. The second-order valence-electron chi connectivity index (χ2n) is 4.48. The van der Waals surface area contributed by atoms with Crippen molar-refractivity contribution >= 4 is 8.58 Å². The van der Waals surface area contributed by atoms with E-state index in [1.54, 1.807) is 0 Å². The van der Waals surface area contributed by atoms with Gasteiger partial charge in [0.1, 0.15) is 0 Å². The predicted octanol–water partition coefficient (Wildman–Crippen LogP) is 4.44. The van der Waals surface area contributed by atoms with E-state index in [0.717, 1.165) is 5.92 Å². The molecule has 1 heteroatoms. The molecule has 1 aliphatic carbocycles. The van der Waals surface area contributed by atoms with Gasteiger partial charge >= 0.3 is 0 Å². The van der Waals surface area contributed by atoms with Gasteiger partial charge in [0.2, 0.25) is 0 Å². The van der Waals surface area contributed by atoms with Crippen LogP contribution in [-0.4, -0.2) is 12.8 Å². The second-order valence-corrected chi connectivity index (χ2v) is 5.59. The molecule has 0 saturated heterocycles. The van der Waals surface area contributed by atoms with Crippen LogP contribution in [0.4, 0.5) is 0 Å². The van der Waals surface area contributed by atoms with Crippen molar-refractivity contribution in [2.75, 3.05) is 12.8 Å². The normalized spacial score (nSPS) is 23.8. The average molecular weight is 200 g/mol. The van der Waals surface area contributed by atoms with Gasteiger partial charge in [-0.1, -0.05) is 57.8 Å². The van der Waals surface area contributed by atoms with Crippen molar-refractivity contribution in [3.05, 3.63) is 0 Å². The maximum atomic E-state index is 2.36. The largest absolute Gasteiger partial charge is 0.125 e. The lowest BCUT2D eigenvalue weighted by Crippen LogP contribution is -2.04. The zero-order valence-corrected chi connectivity index (χ0v) is 10.1. The molecule has 0 N–H and O–H groups in total. The Morgan fingerprint density at radius 2 is 1.31 bits per heavy atom. The standard InChI is InChI=1S/C12H25P/c1-13-11-12-9-7-5-3-2-4-6-8-10-12/h12-13H,2-11H2,1H3. The Kier molecular flexibility index (Phi) is 6.90. The molecule has 0 aromatic carbocycles. The molecule has 0 bridgehead atoms. The first-order chi connectivity index (χ1) is 6.43. The van der Waals surface area contributed by atoms with Crippen LogP contribution in [0.3, 0.4) is 0 Å². The van der Waals surface area contributed by atoms with Gasteiger partial charge in [0.05, 0.1) is 0 Å². The summed E-state index contributed by atoms with van der Waals surface area (Å²) in [5.41, 5.74) is 0. The van der Waals surface area contributed by atoms with Gasteiger partial charge in [0.15, 0.2) is 0 Å². The van der Waals surface area contributed by atoms with Crippen LogP contribution in [0.2, 0.25) is 0 Å². The SMILES string of the molecule is CPCC1CCCCCCCCC1. The number of hydrogen-bond acceptors (Lipinski definition) is 0. The van der Waals surface area contributed by atoms with E-state index in [1.807, 2.05) is 0 Å². The van der Waals surface area contributed by atoms with Gasteiger partial charge in [-0.25, -0.2) is 0 Å². The van der Waals surface area contributed by atoms with Crippen LogP contribution in [0.5, 0.6) is 0 Å². The molecular formula is C12H25P. The Hall–Kier alpha value is 0.430. The molecule has 1 unspecified atom stereocenters. The van der Waals surface area contributed by atoms with Crippen molar-refractivity contribution < 1.29 is 0 Å². The number of rotatable bonds is 2. The molecule has 1 aliphatic rings. The molecule has 1 saturated carbocycles. The summed E-state index contributed by atoms with van der Waals surface area (Å²) in [6.45, 7) is 2.36. The summed E-state index contributed by atoms with van der Waals surface area (Å²) in [5, 5.41) is 0. The van der Waals surface area contributed by atoms with Crippen LogP contribution in [0, 0.1) is 5.92 Å². The van der Waals surface area contributed by atoms with Gasteiger partial charge in [-0.05, 0) is 18.7 Å². The fourth-order valence-corrected chi connectivity index (χ4v) is 3.37. The second kappa shape index (κ2) is 7.80. The van der Waals surface area contributed by atoms with Crippen LogP contribution < -0.4 is 0 Å². The first kappa shape index (κ1) is 11.5. The molecule has 0 aliphatic heterocycles. The van der Waals surface area contributed by atoms with E-state index >= 15 is 0 Å². The van der Waals surface area contributed by atoms with E-state index in [4.69, 9.17) is 0 Å². The van der Waals surface area contributed by atoms with E-state index in [1.165, 1.54) is 72.5 Å². The molecule has 0 heterocycles. The Morgan fingerprint density at radius 3 is 1.77 bits per heavy atom. The summed E-state index contributed by atoms with van der Waals surface area (Å²) in [5.74, 6) is 1.08. The van der Waals surface area contributed by atoms with E-state index < -0.39 is 0 Å². The van der Waals surface area contributed by atoms with Crippen LogP contribution in [0.25, 0.3) is 0 Å². The monoisotopic (exact) mass is 200 g/mol. The minimum atomic E-state index is 1.08. The van der Waals surface area contributed by atoms with E-state index in [0.29, 0.717) is 0 Å². The van der Waals surface area contributed by atoms with Crippen molar-refractivity contribution in [3.8, 4) is 0 Å². The first-order valence-corrected chi connectivity index (χ1v) is 7.79. The lowest BCUT2D eigenvalue weighted by Gasteiger charge is -2.17. The highest BCUT2D eigenvalue weighted by Gasteiger charge is 2.08. The van der Waals surface area contributed by atoms with Gasteiger partial charge in [-0.2, -0.15) is 0 Å². The van der Waals surface area contributed by atoms with E-state index in [9.17, 15) is 0 Å². The summed E-state index contributed by atoms with van der Waals surface area (Å²) in [6.07, 6.45) is 15.1. The molecule has 78 valence electrons. The topological polar surface area (TPSA) is 0 Å². The lowest BCUT2D eigenvalue weighted by atomic mass is 9.94. The maximum absolute atomic E-state index is 2.36. The third kappa shape index (κ3) is 5.68. The van der Waals surface area contributed by atoms with Crippen molar-refractivity contribution in [1.29, 1.82) is 0 Å². The molecule has 1 fully saturated rings. The van der Waals surface area contributed by atoms with Crippen LogP contribution in [0.15, 0.2) is 0 Å². The molecule has 0 spiro atoms. The fraction of sp³-hybridized carbons (Fsp3) is 1.00. The van der Waals surface area contributed by atoms with Crippen molar-refractivity contribution in [2.24, 2.45) is 5.92 Å². The molecule has 0 amide bonds. The molecule has 1 rings (SSSR count). The van der Waals surface area contributed by atoms with Crippen LogP contribution in [-0.2, 0) is 0 Å². The highest BCUT2D eigenvalue weighted by Crippen LogP contribution is 2.25. The zero-order valence-electron chi connectivity index (χ0n) is 9.15. The van der Waals surface area contributed by atoms with Gasteiger partial charge in [0.25, 0.3) is 0 Å². The van der Waals surface area contributed by atoms with Gasteiger partial charge in [0, 0.05) is 0 Å². The summed E-state index contributed by atoms with van der Waals surface area (Å²) in [7, 11) is 1.18. The maximum Gasteiger partial charge on any atom is -0.0327 e. The third-order valence-corrected chi connectivity index (χ3v) is 4.20. The molecule has 0 nitrogen and oxygen atoms in total. The minimum Gasteiger partial charge on any atom is -0.125 e. The van der Waals surface area contributed by atoms with Gasteiger partial charge < -0.3 is 0 Å². The number of hydrogen-bond donors (Lipinski definition) is 0.